The molecule has 15 heavy (non-hydrogen) atoms. The van der Waals surface area contributed by atoms with Crippen molar-refractivity contribution in [2.45, 2.75) is 58.8 Å². The topological polar surface area (TPSA) is 0 Å². The summed E-state index contributed by atoms with van der Waals surface area (Å²) >= 11 is 7.22. The molecule has 0 saturated carbocycles. The Kier molecular flexibility index (Phi) is 5.40. The van der Waals surface area contributed by atoms with E-state index in [0.29, 0.717) is 0 Å². The molecule has 0 radical (unpaired) electrons. The van der Waals surface area contributed by atoms with Crippen molar-refractivity contribution in [1.82, 2.24) is 0 Å². The molecule has 1 aliphatic rings. The molecule has 0 aromatic rings. The molecule has 1 aliphatic heterocycles. The van der Waals surface area contributed by atoms with Crippen LogP contribution in [0.15, 0.2) is 0 Å². The molecule has 0 unspecified atom stereocenters. The Hall–Kier alpha value is 0.720. The van der Waals surface area contributed by atoms with Gasteiger partial charge in [-0.05, 0) is 0 Å². The van der Waals surface area contributed by atoms with Gasteiger partial charge >= 0.3 is 101 Å². The Labute approximate surface area is 101 Å². The van der Waals surface area contributed by atoms with Gasteiger partial charge in [0.2, 0.25) is 0 Å². The van der Waals surface area contributed by atoms with Crippen LogP contribution in [0.25, 0.3) is 0 Å². The van der Waals surface area contributed by atoms with E-state index in [2.05, 4.69) is 13.8 Å². The molecular formula is C13H28ClP. The molecule has 0 N–H and O–H groups in total. The number of unbranched alkanes of at least 4 members (excludes halogenated alkanes) is 2. The predicted octanol–water partition coefficient (Wildman–Crippen LogP) is 5.48. The quantitative estimate of drug-likeness (QED) is 0.548. The summed E-state index contributed by atoms with van der Waals surface area (Å²) in [5.74, 6) is -1.73. The van der Waals surface area contributed by atoms with Crippen LogP contribution >= 0.6 is 17.2 Å². The van der Waals surface area contributed by atoms with Crippen LogP contribution in [0.3, 0.4) is 0 Å². The van der Waals surface area contributed by atoms with Crippen LogP contribution in [0.1, 0.15) is 58.8 Å². The van der Waals surface area contributed by atoms with E-state index in [0.717, 1.165) is 0 Å². The standard InChI is InChI=1S/C13H28ClP/c1-3-5-10-15(14,11-6-4-2)12-8-7-9-13-15/h3-13H2,1-2H3. The molecule has 0 atom stereocenters. The van der Waals surface area contributed by atoms with Gasteiger partial charge in [-0.3, -0.25) is 0 Å². The second kappa shape index (κ2) is 5.87. The van der Waals surface area contributed by atoms with Crippen LogP contribution in [-0.2, 0) is 0 Å². The van der Waals surface area contributed by atoms with E-state index < -0.39 is 5.96 Å². The van der Waals surface area contributed by atoms with E-state index in [-0.39, 0.29) is 0 Å². The van der Waals surface area contributed by atoms with Crippen molar-refractivity contribution in [3.63, 3.8) is 0 Å². The maximum absolute atomic E-state index is 7.22. The molecule has 0 amide bonds. The first-order valence-electron chi connectivity index (χ1n) is 6.85. The van der Waals surface area contributed by atoms with Gasteiger partial charge in [0.1, 0.15) is 0 Å². The number of rotatable bonds is 6. The first-order valence-corrected chi connectivity index (χ1v) is 10.7. The van der Waals surface area contributed by atoms with Crippen molar-refractivity contribution in [2.24, 2.45) is 0 Å². The van der Waals surface area contributed by atoms with Crippen molar-refractivity contribution >= 4 is 17.2 Å². The third-order valence-corrected chi connectivity index (χ3v) is 11.8. The molecule has 0 aromatic heterocycles. The van der Waals surface area contributed by atoms with E-state index in [4.69, 9.17) is 11.2 Å². The zero-order valence-electron chi connectivity index (χ0n) is 10.6. The predicted molar refractivity (Wildman–Crippen MR) is 75.9 cm³/mol. The van der Waals surface area contributed by atoms with E-state index in [1.807, 2.05) is 0 Å². The molecule has 2 heteroatoms. The van der Waals surface area contributed by atoms with Gasteiger partial charge in [-0.15, -0.1) is 0 Å². The maximum atomic E-state index is 7.22. The average molecular weight is 251 g/mol. The second-order valence-electron chi connectivity index (χ2n) is 5.48. The van der Waals surface area contributed by atoms with Crippen LogP contribution in [0.2, 0.25) is 0 Å². The van der Waals surface area contributed by atoms with Gasteiger partial charge in [0, 0.05) is 0 Å². The molecule has 1 fully saturated rings. The van der Waals surface area contributed by atoms with Crippen molar-refractivity contribution in [3.05, 3.63) is 0 Å². The third kappa shape index (κ3) is 3.90. The molecule has 0 spiro atoms. The monoisotopic (exact) mass is 250 g/mol. The molecular weight excluding hydrogens is 223 g/mol. The van der Waals surface area contributed by atoms with E-state index >= 15 is 0 Å². The SMILES string of the molecule is CCCCP1(Cl)(CCCC)CCCCC1. The summed E-state index contributed by atoms with van der Waals surface area (Å²) in [6.07, 6.45) is 15.2. The van der Waals surface area contributed by atoms with E-state index in [9.17, 15) is 0 Å². The summed E-state index contributed by atoms with van der Waals surface area (Å²) < 4.78 is 0. The zero-order chi connectivity index (χ0) is 11.2. The summed E-state index contributed by atoms with van der Waals surface area (Å²) in [6.45, 7) is 4.59. The fourth-order valence-electron chi connectivity index (χ4n) is 2.97. The molecule has 1 saturated heterocycles. The summed E-state index contributed by atoms with van der Waals surface area (Å²) in [4.78, 5) is 0. The Morgan fingerprint density at radius 1 is 0.867 bits per heavy atom. The van der Waals surface area contributed by atoms with Crippen LogP contribution in [-0.4, -0.2) is 24.6 Å². The number of hydrogen-bond donors (Lipinski definition) is 0. The summed E-state index contributed by atoms with van der Waals surface area (Å²) in [7, 11) is 0. The Bertz CT molecular complexity index is 173. The minimum atomic E-state index is -1.73. The first kappa shape index (κ1) is 13.8. The molecule has 1 heterocycles. The van der Waals surface area contributed by atoms with Crippen LogP contribution in [0.5, 0.6) is 0 Å². The Morgan fingerprint density at radius 3 is 1.73 bits per heavy atom. The first-order chi connectivity index (χ1) is 7.13. The third-order valence-electron chi connectivity index (χ3n) is 4.07. The zero-order valence-corrected chi connectivity index (χ0v) is 12.3. The van der Waals surface area contributed by atoms with Crippen molar-refractivity contribution in [2.75, 3.05) is 24.6 Å². The summed E-state index contributed by atoms with van der Waals surface area (Å²) in [5, 5.41) is 0. The van der Waals surface area contributed by atoms with Crippen molar-refractivity contribution in [1.29, 1.82) is 0 Å². The fraction of sp³-hybridized carbons (Fsp3) is 1.00. The van der Waals surface area contributed by atoms with Crippen LogP contribution in [0.4, 0.5) is 0 Å². The molecule has 0 nitrogen and oxygen atoms in total. The van der Waals surface area contributed by atoms with E-state index in [1.54, 1.807) is 0 Å². The Balaban J connectivity index is 2.63. The van der Waals surface area contributed by atoms with Crippen LogP contribution in [0, 0.1) is 0 Å². The second-order valence-corrected chi connectivity index (χ2v) is 13.8. The average Bonchev–Trinajstić information content (AvgIpc) is 2.26. The Morgan fingerprint density at radius 2 is 1.33 bits per heavy atom. The summed E-state index contributed by atoms with van der Waals surface area (Å²) in [6, 6.07) is 0. The van der Waals surface area contributed by atoms with Crippen molar-refractivity contribution < 1.29 is 0 Å². The molecule has 0 aromatic carbocycles. The van der Waals surface area contributed by atoms with Gasteiger partial charge < -0.3 is 0 Å². The van der Waals surface area contributed by atoms with Gasteiger partial charge in [0.15, 0.2) is 0 Å². The molecule has 1 rings (SSSR count). The molecule has 0 aliphatic carbocycles. The van der Waals surface area contributed by atoms with Gasteiger partial charge in [0.25, 0.3) is 0 Å². The van der Waals surface area contributed by atoms with Gasteiger partial charge in [-0.2, -0.15) is 0 Å². The molecule has 0 bridgehead atoms. The van der Waals surface area contributed by atoms with E-state index in [1.165, 1.54) is 69.6 Å². The van der Waals surface area contributed by atoms with Gasteiger partial charge in [-0.1, -0.05) is 0 Å². The normalized spacial score (nSPS) is 26.7. The number of halogens is 1. The molecule has 92 valence electrons. The van der Waals surface area contributed by atoms with Gasteiger partial charge in [0.05, 0.1) is 0 Å². The number of hydrogen-bond acceptors (Lipinski definition) is 0. The van der Waals surface area contributed by atoms with Crippen LogP contribution < -0.4 is 0 Å². The minimum absolute atomic E-state index is 1.32. The van der Waals surface area contributed by atoms with Crippen molar-refractivity contribution in [3.8, 4) is 0 Å². The van der Waals surface area contributed by atoms with Gasteiger partial charge in [-0.25, -0.2) is 0 Å². The summed E-state index contributed by atoms with van der Waals surface area (Å²) in [5.41, 5.74) is 0. The fourth-order valence-corrected chi connectivity index (χ4v) is 9.99.